The van der Waals surface area contributed by atoms with E-state index in [1.807, 2.05) is 0 Å². The second-order valence-electron chi connectivity index (χ2n) is 3.29. The van der Waals surface area contributed by atoms with Crippen LogP contribution in [-0.2, 0) is 6.42 Å². The quantitative estimate of drug-likeness (QED) is 0.278. The number of rotatable bonds is 3. The number of non-ortho nitro benzene ring substituents is 1. The zero-order valence-electron chi connectivity index (χ0n) is 8.85. The molecule has 0 atom stereocenters. The van der Waals surface area contributed by atoms with Crippen LogP contribution in [0, 0.1) is 10.1 Å². The number of halogens is 3. The maximum absolute atomic E-state index is 10.5. The van der Waals surface area contributed by atoms with E-state index in [0.29, 0.717) is 11.4 Å². The molecule has 0 fully saturated rings. The van der Waals surface area contributed by atoms with Crippen molar-refractivity contribution in [1.29, 1.82) is 0 Å². The molecule has 4 nitrogen and oxygen atoms in total. The van der Waals surface area contributed by atoms with Gasteiger partial charge in [-0.15, -0.1) is 0 Å². The van der Waals surface area contributed by atoms with Crippen molar-refractivity contribution < 1.29 is 4.92 Å². The maximum Gasteiger partial charge on any atom is 0.269 e. The fourth-order valence-corrected chi connectivity index (χ4v) is 1.47. The van der Waals surface area contributed by atoms with E-state index >= 15 is 0 Å². The van der Waals surface area contributed by atoms with E-state index in [-0.39, 0.29) is 5.69 Å². The summed E-state index contributed by atoms with van der Waals surface area (Å²) in [6.45, 7) is 0. The first-order valence-corrected chi connectivity index (χ1v) is 6.20. The third kappa shape index (κ3) is 5.73. The minimum Gasteiger partial charge on any atom is -0.258 e. The molecule has 0 bridgehead atoms. The van der Waals surface area contributed by atoms with Gasteiger partial charge in [0.25, 0.3) is 5.69 Å². The highest BCUT2D eigenvalue weighted by Gasteiger charge is 2.15. The van der Waals surface area contributed by atoms with Crippen LogP contribution in [-0.4, -0.2) is 19.9 Å². The molecular weight excluding hydrogens is 319 g/mol. The SMILES string of the molecule is O=[N+]([O-])c1ccc(CC(=S)N=CC(Cl)(Cl)Cl)cc1. The van der Waals surface area contributed by atoms with E-state index in [0.717, 1.165) is 11.8 Å². The lowest BCUT2D eigenvalue weighted by molar-refractivity contribution is -0.384. The molecule has 0 radical (unpaired) electrons. The minimum absolute atomic E-state index is 0.0226. The number of thiocarbonyl (C=S) groups is 1. The molecule has 1 aromatic rings. The summed E-state index contributed by atoms with van der Waals surface area (Å²) in [7, 11) is 0. The van der Waals surface area contributed by atoms with E-state index in [1.165, 1.54) is 12.1 Å². The molecule has 0 amide bonds. The summed E-state index contributed by atoms with van der Waals surface area (Å²) in [6, 6.07) is 6.01. The van der Waals surface area contributed by atoms with Crippen molar-refractivity contribution in [2.24, 2.45) is 4.99 Å². The molecule has 8 heteroatoms. The van der Waals surface area contributed by atoms with Gasteiger partial charge < -0.3 is 0 Å². The van der Waals surface area contributed by atoms with Crippen molar-refractivity contribution in [2.75, 3.05) is 0 Å². The van der Waals surface area contributed by atoms with Gasteiger partial charge in [-0.05, 0) is 5.56 Å². The summed E-state index contributed by atoms with van der Waals surface area (Å²) in [6.07, 6.45) is 1.47. The number of nitro groups is 1. The van der Waals surface area contributed by atoms with E-state index < -0.39 is 8.72 Å². The number of nitro benzene ring substituents is 1. The Morgan fingerprint density at radius 2 is 1.94 bits per heavy atom. The molecule has 0 aliphatic heterocycles. The van der Waals surface area contributed by atoms with Crippen LogP contribution < -0.4 is 0 Å². The van der Waals surface area contributed by atoms with E-state index in [2.05, 4.69) is 4.99 Å². The molecule has 0 heterocycles. The van der Waals surface area contributed by atoms with E-state index in [1.54, 1.807) is 12.1 Å². The number of nitrogens with zero attached hydrogens (tertiary/aromatic N) is 2. The van der Waals surface area contributed by atoms with Gasteiger partial charge in [-0.1, -0.05) is 59.2 Å². The first kappa shape index (κ1) is 15.3. The van der Waals surface area contributed by atoms with Gasteiger partial charge in [0.1, 0.15) is 4.99 Å². The molecule has 0 spiro atoms. The molecule has 96 valence electrons. The predicted octanol–water partition coefficient (Wildman–Crippen LogP) is 3.91. The summed E-state index contributed by atoms with van der Waals surface area (Å²) in [5, 5.41) is 10.5. The highest BCUT2D eigenvalue weighted by molar-refractivity contribution is 7.80. The van der Waals surface area contributed by atoms with Crippen molar-refractivity contribution in [3.8, 4) is 0 Å². The average molecular weight is 326 g/mol. The number of aliphatic imine (C=N–C) groups is 1. The Labute approximate surface area is 124 Å². The van der Waals surface area contributed by atoms with Gasteiger partial charge in [0.15, 0.2) is 0 Å². The summed E-state index contributed by atoms with van der Waals surface area (Å²) < 4.78 is -1.58. The van der Waals surface area contributed by atoms with Gasteiger partial charge in [0.05, 0.1) is 11.1 Å². The minimum atomic E-state index is -1.58. The van der Waals surface area contributed by atoms with Crippen molar-refractivity contribution in [3.05, 3.63) is 39.9 Å². The lowest BCUT2D eigenvalue weighted by Crippen LogP contribution is -2.06. The Bertz CT molecular complexity index is 483. The standard InChI is InChI=1S/C10H7Cl3N2O2S/c11-10(12,13)6-14-9(18)5-7-1-3-8(4-2-7)15(16)17/h1-4,6H,5H2. The van der Waals surface area contributed by atoms with Crippen molar-refractivity contribution in [1.82, 2.24) is 0 Å². The molecule has 0 N–H and O–H groups in total. The molecule has 0 aromatic heterocycles. The highest BCUT2D eigenvalue weighted by Crippen LogP contribution is 2.23. The van der Waals surface area contributed by atoms with Crippen molar-refractivity contribution >= 4 is 63.9 Å². The van der Waals surface area contributed by atoms with Gasteiger partial charge in [0, 0.05) is 18.6 Å². The fourth-order valence-electron chi connectivity index (χ4n) is 1.10. The van der Waals surface area contributed by atoms with Crippen LogP contribution in [0.1, 0.15) is 5.56 Å². The number of hydrogen-bond acceptors (Lipinski definition) is 3. The summed E-state index contributed by atoms with van der Waals surface area (Å²) in [4.78, 5) is 14.1. The highest BCUT2D eigenvalue weighted by atomic mass is 35.6. The summed E-state index contributed by atoms with van der Waals surface area (Å²) >= 11 is 21.4. The molecule has 18 heavy (non-hydrogen) atoms. The molecule has 0 aliphatic carbocycles. The second-order valence-corrected chi connectivity index (χ2v) is 6.13. The van der Waals surface area contributed by atoms with Crippen molar-refractivity contribution in [3.63, 3.8) is 0 Å². The maximum atomic E-state index is 10.5. The van der Waals surface area contributed by atoms with Crippen molar-refractivity contribution in [2.45, 2.75) is 10.2 Å². The van der Waals surface area contributed by atoms with Crippen LogP contribution in [0.3, 0.4) is 0 Å². The largest absolute Gasteiger partial charge is 0.269 e. The smallest absolute Gasteiger partial charge is 0.258 e. The lowest BCUT2D eigenvalue weighted by Gasteiger charge is -2.03. The Balaban J connectivity index is 2.65. The Hall–Kier alpha value is -0.750. The molecule has 0 saturated heterocycles. The van der Waals surface area contributed by atoms with Crippen LogP contribution in [0.2, 0.25) is 0 Å². The zero-order valence-corrected chi connectivity index (χ0v) is 11.9. The summed E-state index contributed by atoms with van der Waals surface area (Å²) in [5.74, 6) is 0. The van der Waals surface area contributed by atoms with Crippen LogP contribution in [0.4, 0.5) is 5.69 Å². The Kier molecular flexibility index (Phi) is 5.47. The first-order chi connectivity index (χ1) is 8.28. The topological polar surface area (TPSA) is 55.5 Å². The van der Waals surface area contributed by atoms with Crippen LogP contribution in [0.25, 0.3) is 0 Å². The third-order valence-electron chi connectivity index (χ3n) is 1.86. The Morgan fingerprint density at radius 3 is 2.39 bits per heavy atom. The van der Waals surface area contributed by atoms with Gasteiger partial charge in [-0.3, -0.25) is 10.1 Å². The second kappa shape index (κ2) is 6.43. The van der Waals surface area contributed by atoms with Crippen LogP contribution in [0.15, 0.2) is 29.3 Å². The van der Waals surface area contributed by atoms with Crippen LogP contribution in [0.5, 0.6) is 0 Å². The normalized spacial score (nSPS) is 11.7. The lowest BCUT2D eigenvalue weighted by atomic mass is 10.1. The molecule has 0 saturated carbocycles. The number of hydrogen-bond donors (Lipinski definition) is 0. The predicted molar refractivity (Wildman–Crippen MR) is 78.2 cm³/mol. The van der Waals surface area contributed by atoms with Gasteiger partial charge in [-0.25, -0.2) is 4.99 Å². The zero-order chi connectivity index (χ0) is 13.8. The van der Waals surface area contributed by atoms with E-state index in [9.17, 15) is 10.1 Å². The van der Waals surface area contributed by atoms with Gasteiger partial charge in [0.2, 0.25) is 3.79 Å². The molecule has 0 unspecified atom stereocenters. The van der Waals surface area contributed by atoms with Crippen LogP contribution >= 0.6 is 47.0 Å². The third-order valence-corrected chi connectivity index (χ3v) is 2.40. The fraction of sp³-hybridized carbons (Fsp3) is 0.200. The number of benzene rings is 1. The molecule has 1 rings (SSSR count). The number of alkyl halides is 3. The monoisotopic (exact) mass is 324 g/mol. The first-order valence-electron chi connectivity index (χ1n) is 4.66. The van der Waals surface area contributed by atoms with Gasteiger partial charge in [-0.2, -0.15) is 0 Å². The molecular formula is C10H7Cl3N2O2S. The molecule has 0 aliphatic rings. The Morgan fingerprint density at radius 1 is 1.39 bits per heavy atom. The molecule has 1 aromatic carbocycles. The van der Waals surface area contributed by atoms with Gasteiger partial charge >= 0.3 is 0 Å². The summed E-state index contributed by atoms with van der Waals surface area (Å²) in [5.41, 5.74) is 0.821. The van der Waals surface area contributed by atoms with E-state index in [4.69, 9.17) is 47.0 Å². The average Bonchev–Trinajstić information content (AvgIpc) is 2.26.